The van der Waals surface area contributed by atoms with Gasteiger partial charge in [-0.25, -0.2) is 18.0 Å². The summed E-state index contributed by atoms with van der Waals surface area (Å²) in [5.41, 5.74) is 1.39. The van der Waals surface area contributed by atoms with E-state index in [0.29, 0.717) is 10.6 Å². The molecule has 0 atom stereocenters. The van der Waals surface area contributed by atoms with Gasteiger partial charge in [0.15, 0.2) is 16.4 Å². The summed E-state index contributed by atoms with van der Waals surface area (Å²) >= 11 is 1.33. The van der Waals surface area contributed by atoms with Gasteiger partial charge in [-0.1, -0.05) is 0 Å². The van der Waals surface area contributed by atoms with Crippen LogP contribution in [0.4, 0.5) is 5.00 Å². The van der Waals surface area contributed by atoms with E-state index in [2.05, 4.69) is 5.32 Å². The number of rotatable bonds is 6. The number of amides is 1. The highest BCUT2D eigenvalue weighted by Gasteiger charge is 2.28. The van der Waals surface area contributed by atoms with Crippen molar-refractivity contribution in [3.05, 3.63) is 45.8 Å². The van der Waals surface area contributed by atoms with Crippen LogP contribution in [0.3, 0.4) is 0 Å². The third kappa shape index (κ3) is 4.65. The molecule has 1 aromatic heterocycles. The number of ether oxygens (including phenoxy) is 2. The lowest BCUT2D eigenvalue weighted by atomic mass is 10.1. The number of hydrogen-bond donors (Lipinski definition) is 1. The van der Waals surface area contributed by atoms with Gasteiger partial charge in [-0.15, -0.1) is 11.3 Å². The second-order valence-corrected chi connectivity index (χ2v) is 9.59. The first kappa shape index (κ1) is 21.0. The van der Waals surface area contributed by atoms with Crippen molar-refractivity contribution in [1.29, 1.82) is 0 Å². The smallest absolute Gasteiger partial charge is 0.341 e. The maximum atomic E-state index is 12.2. The van der Waals surface area contributed by atoms with Gasteiger partial charge in [0.1, 0.15) is 5.00 Å². The van der Waals surface area contributed by atoms with Gasteiger partial charge in [-0.05, 0) is 49.1 Å². The number of fused-ring (bicyclic) bond motifs is 1. The van der Waals surface area contributed by atoms with Crippen LogP contribution < -0.4 is 5.32 Å². The van der Waals surface area contributed by atoms with Gasteiger partial charge in [-0.2, -0.15) is 0 Å². The van der Waals surface area contributed by atoms with E-state index in [1.807, 2.05) is 0 Å². The average molecular weight is 437 g/mol. The summed E-state index contributed by atoms with van der Waals surface area (Å²) in [4.78, 5) is 37.5. The molecule has 1 aliphatic rings. The maximum absolute atomic E-state index is 12.2. The fourth-order valence-corrected chi connectivity index (χ4v) is 4.95. The molecule has 1 aromatic carbocycles. The van der Waals surface area contributed by atoms with E-state index in [9.17, 15) is 22.8 Å². The fourth-order valence-electron chi connectivity index (χ4n) is 3.03. The second kappa shape index (κ2) is 8.34. The normalized spacial score (nSPS) is 12.9. The molecule has 1 aliphatic carbocycles. The van der Waals surface area contributed by atoms with Gasteiger partial charge in [0, 0.05) is 11.1 Å². The molecule has 10 heteroatoms. The number of thiophene rings is 1. The lowest BCUT2D eigenvalue weighted by Crippen LogP contribution is -2.21. The van der Waals surface area contributed by atoms with Crippen LogP contribution in [-0.2, 0) is 36.9 Å². The monoisotopic (exact) mass is 437 g/mol. The molecule has 1 heterocycles. The Balaban J connectivity index is 1.63. The largest absolute Gasteiger partial charge is 0.465 e. The molecular weight excluding hydrogens is 418 g/mol. The zero-order chi connectivity index (χ0) is 21.2. The van der Waals surface area contributed by atoms with E-state index in [0.717, 1.165) is 36.0 Å². The minimum absolute atomic E-state index is 0.0767. The van der Waals surface area contributed by atoms with Gasteiger partial charge < -0.3 is 14.8 Å². The van der Waals surface area contributed by atoms with Crippen molar-refractivity contribution >= 4 is 44.0 Å². The SMILES string of the molecule is COC(=O)c1c(NC(=O)COC(=O)c2ccc(S(C)(=O)=O)cc2)sc2c1CCC2. The summed E-state index contributed by atoms with van der Waals surface area (Å²) in [6, 6.07) is 5.22. The lowest BCUT2D eigenvalue weighted by molar-refractivity contribution is -0.119. The van der Waals surface area contributed by atoms with Gasteiger partial charge in [-0.3, -0.25) is 4.79 Å². The zero-order valence-corrected chi connectivity index (χ0v) is 17.4. The zero-order valence-electron chi connectivity index (χ0n) is 15.8. The predicted octanol–water partition coefficient (Wildman–Crippen LogP) is 2.22. The molecule has 0 saturated carbocycles. The summed E-state index contributed by atoms with van der Waals surface area (Å²) in [6.45, 7) is -0.546. The molecule has 0 saturated heterocycles. The van der Waals surface area contributed by atoms with Crippen molar-refractivity contribution in [2.45, 2.75) is 24.2 Å². The van der Waals surface area contributed by atoms with Crippen LogP contribution in [0.25, 0.3) is 0 Å². The molecule has 154 valence electrons. The summed E-state index contributed by atoms with van der Waals surface area (Å²) < 4.78 is 32.7. The number of aryl methyl sites for hydroxylation is 1. The summed E-state index contributed by atoms with van der Waals surface area (Å²) in [7, 11) is -2.09. The van der Waals surface area contributed by atoms with E-state index in [1.165, 1.54) is 42.7 Å². The molecule has 1 amide bonds. The van der Waals surface area contributed by atoms with Crippen LogP contribution in [0.5, 0.6) is 0 Å². The topological polar surface area (TPSA) is 116 Å². The maximum Gasteiger partial charge on any atom is 0.341 e. The first-order chi connectivity index (χ1) is 13.7. The first-order valence-electron chi connectivity index (χ1n) is 8.70. The molecule has 8 nitrogen and oxygen atoms in total. The van der Waals surface area contributed by atoms with Crippen molar-refractivity contribution < 1.29 is 32.3 Å². The average Bonchev–Trinajstić information content (AvgIpc) is 3.25. The number of esters is 2. The molecule has 2 aromatic rings. The summed E-state index contributed by atoms with van der Waals surface area (Å²) in [6.07, 6.45) is 3.62. The molecule has 1 N–H and O–H groups in total. The lowest BCUT2D eigenvalue weighted by Gasteiger charge is -2.08. The number of methoxy groups -OCH3 is 1. The van der Waals surface area contributed by atoms with Crippen LogP contribution >= 0.6 is 11.3 Å². The quantitative estimate of drug-likeness (QED) is 0.689. The Morgan fingerprint density at radius 2 is 1.79 bits per heavy atom. The standard InChI is InChI=1S/C19H19NO7S2/c1-26-19(23)16-13-4-3-5-14(13)28-17(16)20-15(21)10-27-18(22)11-6-8-12(9-7-11)29(2,24)25/h6-9H,3-5,10H2,1-2H3,(H,20,21). The number of carbonyl (C=O) groups is 3. The van der Waals surface area contributed by atoms with Crippen LogP contribution in [0.2, 0.25) is 0 Å². The minimum atomic E-state index is -3.37. The first-order valence-corrected chi connectivity index (χ1v) is 11.4. The van der Waals surface area contributed by atoms with Gasteiger partial charge in [0.2, 0.25) is 0 Å². The van der Waals surface area contributed by atoms with E-state index >= 15 is 0 Å². The Hall–Kier alpha value is -2.72. The van der Waals surface area contributed by atoms with E-state index in [-0.39, 0.29) is 10.5 Å². The number of sulfone groups is 1. The van der Waals surface area contributed by atoms with Crippen molar-refractivity contribution in [3.8, 4) is 0 Å². The molecule has 0 aliphatic heterocycles. The van der Waals surface area contributed by atoms with Crippen molar-refractivity contribution in [2.24, 2.45) is 0 Å². The Morgan fingerprint density at radius 1 is 1.10 bits per heavy atom. The fraction of sp³-hybridized carbons (Fsp3) is 0.316. The number of nitrogens with one attached hydrogen (secondary N) is 1. The molecule has 0 unspecified atom stereocenters. The third-order valence-corrected chi connectivity index (χ3v) is 6.75. The highest BCUT2D eigenvalue weighted by molar-refractivity contribution is 7.90. The van der Waals surface area contributed by atoms with Crippen molar-refractivity contribution in [3.63, 3.8) is 0 Å². The number of benzene rings is 1. The Morgan fingerprint density at radius 3 is 2.41 bits per heavy atom. The summed E-state index contributed by atoms with van der Waals surface area (Å²) in [5.74, 6) is -1.86. The van der Waals surface area contributed by atoms with Crippen LogP contribution in [0.1, 0.15) is 37.6 Å². The number of anilines is 1. The second-order valence-electron chi connectivity index (χ2n) is 6.47. The van der Waals surface area contributed by atoms with Gasteiger partial charge in [0.25, 0.3) is 5.91 Å². The summed E-state index contributed by atoms with van der Waals surface area (Å²) in [5, 5.41) is 3.00. The molecule has 3 rings (SSSR count). The third-order valence-electron chi connectivity index (χ3n) is 4.42. The van der Waals surface area contributed by atoms with Gasteiger partial charge in [0.05, 0.1) is 23.1 Å². The van der Waals surface area contributed by atoms with Gasteiger partial charge >= 0.3 is 11.9 Å². The number of carbonyl (C=O) groups excluding carboxylic acids is 3. The highest BCUT2D eigenvalue weighted by atomic mass is 32.2. The molecule has 0 fully saturated rings. The Bertz CT molecular complexity index is 1070. The van der Waals surface area contributed by atoms with E-state index < -0.39 is 34.3 Å². The van der Waals surface area contributed by atoms with Crippen molar-refractivity contribution in [1.82, 2.24) is 0 Å². The van der Waals surface area contributed by atoms with Crippen LogP contribution in [0, 0.1) is 0 Å². The molecular formula is C19H19NO7S2. The minimum Gasteiger partial charge on any atom is -0.465 e. The van der Waals surface area contributed by atoms with E-state index in [4.69, 9.17) is 9.47 Å². The Kier molecular flexibility index (Phi) is 6.04. The van der Waals surface area contributed by atoms with Crippen LogP contribution in [-0.4, -0.2) is 46.2 Å². The molecule has 0 bridgehead atoms. The Labute approximate surface area is 171 Å². The molecule has 29 heavy (non-hydrogen) atoms. The van der Waals surface area contributed by atoms with E-state index in [1.54, 1.807) is 0 Å². The predicted molar refractivity (Wildman–Crippen MR) is 106 cm³/mol. The van der Waals surface area contributed by atoms with Crippen molar-refractivity contribution in [2.75, 3.05) is 25.3 Å². The highest BCUT2D eigenvalue weighted by Crippen LogP contribution is 2.39. The number of hydrogen-bond acceptors (Lipinski definition) is 8. The molecule has 0 spiro atoms. The molecule has 0 radical (unpaired) electrons. The van der Waals surface area contributed by atoms with Crippen LogP contribution in [0.15, 0.2) is 29.2 Å².